The van der Waals surface area contributed by atoms with Crippen molar-refractivity contribution in [2.24, 2.45) is 0 Å². The standard InChI is InChI=1S/C13H21BrN4/c1-10(17-8-5-15-6-9-17)13-16-12(14)11-4-2-3-7-18(11)13/h10,15H,2-9H2,1H3. The van der Waals surface area contributed by atoms with Crippen molar-refractivity contribution >= 4 is 15.9 Å². The van der Waals surface area contributed by atoms with E-state index in [0.29, 0.717) is 6.04 Å². The van der Waals surface area contributed by atoms with Crippen molar-refractivity contribution in [3.63, 3.8) is 0 Å². The number of rotatable bonds is 2. The zero-order valence-electron chi connectivity index (χ0n) is 11.0. The van der Waals surface area contributed by atoms with Gasteiger partial charge < -0.3 is 9.88 Å². The molecule has 0 radical (unpaired) electrons. The second-order valence-electron chi connectivity index (χ2n) is 5.28. The van der Waals surface area contributed by atoms with Gasteiger partial charge in [-0.3, -0.25) is 4.90 Å². The molecule has 1 unspecified atom stereocenters. The maximum absolute atomic E-state index is 4.78. The number of fused-ring (bicyclic) bond motifs is 1. The number of hydrogen-bond acceptors (Lipinski definition) is 3. The molecular weight excluding hydrogens is 292 g/mol. The molecule has 2 aliphatic rings. The van der Waals surface area contributed by atoms with Crippen molar-refractivity contribution in [3.8, 4) is 0 Å². The fraction of sp³-hybridized carbons (Fsp3) is 0.769. The van der Waals surface area contributed by atoms with Crippen LogP contribution >= 0.6 is 15.9 Å². The molecule has 1 N–H and O–H groups in total. The summed E-state index contributed by atoms with van der Waals surface area (Å²) in [7, 11) is 0. The smallest absolute Gasteiger partial charge is 0.127 e. The molecular formula is C13H21BrN4. The zero-order valence-corrected chi connectivity index (χ0v) is 12.5. The van der Waals surface area contributed by atoms with Gasteiger partial charge in [0.15, 0.2) is 0 Å². The molecule has 0 amide bonds. The van der Waals surface area contributed by atoms with E-state index in [1.54, 1.807) is 0 Å². The Morgan fingerprint density at radius 2 is 2.00 bits per heavy atom. The van der Waals surface area contributed by atoms with Crippen molar-refractivity contribution < 1.29 is 0 Å². The molecule has 1 fully saturated rings. The normalized spacial score (nSPS) is 22.8. The van der Waals surface area contributed by atoms with Crippen LogP contribution in [0.2, 0.25) is 0 Å². The number of imidazole rings is 1. The van der Waals surface area contributed by atoms with Crippen LogP contribution in [-0.2, 0) is 13.0 Å². The Bertz CT molecular complexity index is 423. The van der Waals surface area contributed by atoms with Gasteiger partial charge in [-0.25, -0.2) is 4.98 Å². The molecule has 1 atom stereocenters. The van der Waals surface area contributed by atoms with Gasteiger partial charge in [0.2, 0.25) is 0 Å². The third-order valence-electron chi connectivity index (χ3n) is 4.17. The van der Waals surface area contributed by atoms with Crippen LogP contribution in [0.5, 0.6) is 0 Å². The van der Waals surface area contributed by atoms with Crippen LogP contribution in [-0.4, -0.2) is 40.6 Å². The quantitative estimate of drug-likeness (QED) is 0.906. The minimum Gasteiger partial charge on any atom is -0.330 e. The highest BCUT2D eigenvalue weighted by atomic mass is 79.9. The number of piperazine rings is 1. The maximum Gasteiger partial charge on any atom is 0.127 e. The summed E-state index contributed by atoms with van der Waals surface area (Å²) in [6, 6.07) is 0.426. The Hall–Kier alpha value is -0.390. The molecule has 100 valence electrons. The maximum atomic E-state index is 4.78. The second kappa shape index (κ2) is 5.31. The van der Waals surface area contributed by atoms with Crippen LogP contribution in [0.4, 0.5) is 0 Å². The average Bonchev–Trinajstić information content (AvgIpc) is 2.77. The highest BCUT2D eigenvalue weighted by Crippen LogP contribution is 2.29. The molecule has 0 bridgehead atoms. The van der Waals surface area contributed by atoms with Gasteiger partial charge in [-0.2, -0.15) is 0 Å². The van der Waals surface area contributed by atoms with Gasteiger partial charge in [0.1, 0.15) is 10.4 Å². The molecule has 0 spiro atoms. The van der Waals surface area contributed by atoms with E-state index in [1.165, 1.54) is 30.8 Å². The highest BCUT2D eigenvalue weighted by Gasteiger charge is 2.26. The summed E-state index contributed by atoms with van der Waals surface area (Å²) in [5, 5.41) is 3.41. The van der Waals surface area contributed by atoms with E-state index in [-0.39, 0.29) is 0 Å². The predicted octanol–water partition coefficient (Wildman–Crippen LogP) is 1.95. The third kappa shape index (κ3) is 2.24. The zero-order chi connectivity index (χ0) is 12.5. The van der Waals surface area contributed by atoms with Crippen molar-refractivity contribution in [2.45, 2.75) is 38.8 Å². The van der Waals surface area contributed by atoms with Gasteiger partial charge in [0, 0.05) is 32.7 Å². The van der Waals surface area contributed by atoms with Gasteiger partial charge in [-0.15, -0.1) is 0 Å². The summed E-state index contributed by atoms with van der Waals surface area (Å²) < 4.78 is 3.51. The monoisotopic (exact) mass is 312 g/mol. The summed E-state index contributed by atoms with van der Waals surface area (Å²) in [6.07, 6.45) is 3.75. The summed E-state index contributed by atoms with van der Waals surface area (Å²) in [5.41, 5.74) is 1.40. The lowest BCUT2D eigenvalue weighted by atomic mass is 10.1. The fourth-order valence-corrected chi connectivity index (χ4v) is 3.67. The number of hydrogen-bond donors (Lipinski definition) is 1. The van der Waals surface area contributed by atoms with Gasteiger partial charge in [-0.05, 0) is 42.1 Å². The van der Waals surface area contributed by atoms with Crippen LogP contribution in [0.1, 0.15) is 37.3 Å². The highest BCUT2D eigenvalue weighted by molar-refractivity contribution is 9.10. The molecule has 2 aliphatic heterocycles. The molecule has 3 heterocycles. The molecule has 4 nitrogen and oxygen atoms in total. The second-order valence-corrected chi connectivity index (χ2v) is 6.03. The van der Waals surface area contributed by atoms with Crippen molar-refractivity contribution in [1.29, 1.82) is 0 Å². The lowest BCUT2D eigenvalue weighted by Gasteiger charge is -2.33. The number of aromatic nitrogens is 2. The minimum atomic E-state index is 0.426. The largest absolute Gasteiger partial charge is 0.330 e. The lowest BCUT2D eigenvalue weighted by Crippen LogP contribution is -2.45. The van der Waals surface area contributed by atoms with E-state index in [0.717, 1.165) is 37.3 Å². The fourth-order valence-electron chi connectivity index (χ4n) is 3.08. The molecule has 18 heavy (non-hydrogen) atoms. The Kier molecular flexibility index (Phi) is 3.73. The molecule has 5 heteroatoms. The first-order chi connectivity index (χ1) is 8.77. The molecule has 1 aromatic rings. The topological polar surface area (TPSA) is 33.1 Å². The van der Waals surface area contributed by atoms with Gasteiger partial charge >= 0.3 is 0 Å². The summed E-state index contributed by atoms with van der Waals surface area (Å²) in [5.74, 6) is 1.25. The third-order valence-corrected chi connectivity index (χ3v) is 4.81. The summed E-state index contributed by atoms with van der Waals surface area (Å²) >= 11 is 3.63. The summed E-state index contributed by atoms with van der Waals surface area (Å²) in [6.45, 7) is 7.88. The van der Waals surface area contributed by atoms with Crippen LogP contribution < -0.4 is 5.32 Å². The van der Waals surface area contributed by atoms with E-state index < -0.39 is 0 Å². The van der Waals surface area contributed by atoms with E-state index in [2.05, 4.69) is 37.6 Å². The van der Waals surface area contributed by atoms with Gasteiger partial charge in [0.25, 0.3) is 0 Å². The van der Waals surface area contributed by atoms with Crippen LogP contribution in [0, 0.1) is 0 Å². The number of nitrogens with zero attached hydrogens (tertiary/aromatic N) is 3. The molecule has 0 aliphatic carbocycles. The van der Waals surface area contributed by atoms with E-state index in [1.807, 2.05) is 0 Å². The van der Waals surface area contributed by atoms with Gasteiger partial charge in [-0.1, -0.05) is 0 Å². The van der Waals surface area contributed by atoms with E-state index in [4.69, 9.17) is 4.98 Å². The SMILES string of the molecule is CC(c1nc(Br)c2n1CCCC2)N1CCNCC1. The predicted molar refractivity (Wildman–Crippen MR) is 75.7 cm³/mol. The molecule has 3 rings (SSSR count). The average molecular weight is 313 g/mol. The first-order valence-corrected chi connectivity index (χ1v) is 7.76. The first-order valence-electron chi connectivity index (χ1n) is 6.97. The summed E-state index contributed by atoms with van der Waals surface area (Å²) in [4.78, 5) is 7.32. The Balaban J connectivity index is 1.86. The van der Waals surface area contributed by atoms with Crippen molar-refractivity contribution in [2.75, 3.05) is 26.2 Å². The molecule has 0 aromatic carbocycles. The first kappa shape index (κ1) is 12.6. The Morgan fingerprint density at radius 1 is 1.22 bits per heavy atom. The van der Waals surface area contributed by atoms with E-state index in [9.17, 15) is 0 Å². The van der Waals surface area contributed by atoms with Crippen LogP contribution in [0.25, 0.3) is 0 Å². The van der Waals surface area contributed by atoms with Crippen molar-refractivity contribution in [3.05, 3.63) is 16.1 Å². The van der Waals surface area contributed by atoms with Gasteiger partial charge in [0.05, 0.1) is 11.7 Å². The van der Waals surface area contributed by atoms with Crippen molar-refractivity contribution in [1.82, 2.24) is 19.8 Å². The Morgan fingerprint density at radius 3 is 2.78 bits per heavy atom. The number of nitrogens with one attached hydrogen (secondary N) is 1. The minimum absolute atomic E-state index is 0.426. The number of halogens is 1. The Labute approximate surface area is 117 Å². The molecule has 1 aromatic heterocycles. The van der Waals surface area contributed by atoms with Crippen LogP contribution in [0.15, 0.2) is 4.60 Å². The van der Waals surface area contributed by atoms with E-state index >= 15 is 0 Å². The van der Waals surface area contributed by atoms with Crippen LogP contribution in [0.3, 0.4) is 0 Å². The molecule has 1 saturated heterocycles. The lowest BCUT2D eigenvalue weighted by molar-refractivity contribution is 0.175. The molecule has 0 saturated carbocycles.